The molecule has 0 spiro atoms. The number of nitrogens with one attached hydrogen (secondary N) is 1. The van der Waals surface area contributed by atoms with Gasteiger partial charge in [0.05, 0.1) is 22.6 Å². The van der Waals surface area contributed by atoms with E-state index in [1.54, 1.807) is 0 Å². The number of halogens is 3. The molecule has 1 unspecified atom stereocenters. The third kappa shape index (κ3) is 3.66. The zero-order valence-corrected chi connectivity index (χ0v) is 11.5. The second kappa shape index (κ2) is 5.21. The summed E-state index contributed by atoms with van der Waals surface area (Å²) in [5, 5.41) is 11.6. The van der Waals surface area contributed by atoms with Crippen molar-refractivity contribution in [3.05, 3.63) is 29.3 Å². The second-order valence-electron chi connectivity index (χ2n) is 4.81. The quantitative estimate of drug-likeness (QED) is 0.889. The van der Waals surface area contributed by atoms with E-state index in [0.717, 1.165) is 12.1 Å². The molecule has 5 nitrogen and oxygen atoms in total. The number of alkyl halides is 3. The Labute approximate surface area is 118 Å². The van der Waals surface area contributed by atoms with E-state index in [1.165, 1.54) is 0 Å². The Bertz CT molecular complexity index is 670. The van der Waals surface area contributed by atoms with Crippen molar-refractivity contribution in [2.75, 3.05) is 16.8 Å². The Morgan fingerprint density at radius 2 is 2.00 bits per heavy atom. The summed E-state index contributed by atoms with van der Waals surface area (Å²) in [6, 6.07) is 2.22. The second-order valence-corrected chi connectivity index (χ2v) is 7.04. The molecule has 1 aromatic carbocycles. The summed E-state index contributed by atoms with van der Waals surface area (Å²) in [7, 11) is -3.13. The molecular weight excluding hydrogens is 311 g/mol. The summed E-state index contributed by atoms with van der Waals surface area (Å²) < 4.78 is 60.7. The van der Waals surface area contributed by atoms with Crippen LogP contribution in [0.1, 0.15) is 22.3 Å². The van der Waals surface area contributed by atoms with Crippen LogP contribution in [0.25, 0.3) is 0 Å². The molecule has 0 radical (unpaired) electrons. The molecule has 0 saturated carbocycles. The van der Waals surface area contributed by atoms with Crippen LogP contribution >= 0.6 is 0 Å². The number of rotatable bonds is 3. The molecule has 1 aliphatic heterocycles. The minimum Gasteiger partial charge on any atom is -0.478 e. The molecule has 1 atom stereocenters. The number of anilines is 1. The molecule has 1 fully saturated rings. The highest BCUT2D eigenvalue weighted by atomic mass is 32.2. The van der Waals surface area contributed by atoms with E-state index in [9.17, 15) is 26.4 Å². The van der Waals surface area contributed by atoms with Crippen LogP contribution < -0.4 is 5.32 Å². The highest BCUT2D eigenvalue weighted by Gasteiger charge is 2.35. The molecule has 1 heterocycles. The van der Waals surface area contributed by atoms with E-state index in [1.807, 2.05) is 0 Å². The van der Waals surface area contributed by atoms with E-state index in [2.05, 4.69) is 5.32 Å². The van der Waals surface area contributed by atoms with Gasteiger partial charge in [-0.1, -0.05) is 0 Å². The first-order valence-electron chi connectivity index (χ1n) is 6.00. The number of aromatic carboxylic acids is 1. The number of carboxylic acid groups (broad SMARTS) is 1. The number of hydrogen-bond acceptors (Lipinski definition) is 4. The van der Waals surface area contributed by atoms with Crippen LogP contribution in [-0.4, -0.2) is 37.0 Å². The van der Waals surface area contributed by atoms with Crippen LogP contribution in [-0.2, 0) is 16.0 Å². The normalized spacial score (nSPS) is 21.2. The molecule has 0 aromatic heterocycles. The molecular formula is C12H12F3NO4S. The van der Waals surface area contributed by atoms with Gasteiger partial charge in [-0.3, -0.25) is 0 Å². The van der Waals surface area contributed by atoms with Gasteiger partial charge < -0.3 is 10.4 Å². The average Bonchev–Trinajstić information content (AvgIpc) is 2.67. The third-order valence-electron chi connectivity index (χ3n) is 3.16. The lowest BCUT2D eigenvalue weighted by atomic mass is 10.1. The zero-order valence-electron chi connectivity index (χ0n) is 10.6. The molecule has 1 saturated heterocycles. The number of sulfone groups is 1. The number of carbonyl (C=O) groups is 1. The van der Waals surface area contributed by atoms with E-state index < -0.39 is 39.2 Å². The summed E-state index contributed by atoms with van der Waals surface area (Å²) in [6.45, 7) is 0. The van der Waals surface area contributed by atoms with E-state index in [4.69, 9.17) is 5.11 Å². The first-order valence-corrected chi connectivity index (χ1v) is 7.82. The summed E-state index contributed by atoms with van der Waals surface area (Å²) in [5.41, 5.74) is -1.95. The van der Waals surface area contributed by atoms with Crippen LogP contribution in [0.3, 0.4) is 0 Å². The number of hydrogen-bond donors (Lipinski definition) is 2. The predicted octanol–water partition coefficient (Wildman–Crippen LogP) is 2.00. The molecule has 0 bridgehead atoms. The van der Waals surface area contributed by atoms with Crippen molar-refractivity contribution in [3.63, 3.8) is 0 Å². The Hall–Kier alpha value is -1.77. The van der Waals surface area contributed by atoms with E-state index >= 15 is 0 Å². The Morgan fingerprint density at radius 3 is 2.48 bits per heavy atom. The molecule has 2 N–H and O–H groups in total. The molecule has 116 valence electrons. The van der Waals surface area contributed by atoms with Crippen molar-refractivity contribution >= 4 is 21.5 Å². The highest BCUT2D eigenvalue weighted by Crippen LogP contribution is 2.33. The maximum Gasteiger partial charge on any atom is 0.417 e. The Morgan fingerprint density at radius 1 is 1.33 bits per heavy atom. The van der Waals surface area contributed by atoms with E-state index in [-0.39, 0.29) is 17.2 Å². The highest BCUT2D eigenvalue weighted by molar-refractivity contribution is 7.91. The average molecular weight is 323 g/mol. The van der Waals surface area contributed by atoms with Crippen LogP contribution in [0.4, 0.5) is 18.9 Å². The molecule has 0 amide bonds. The third-order valence-corrected chi connectivity index (χ3v) is 4.93. The lowest BCUT2D eigenvalue weighted by molar-refractivity contribution is -0.138. The summed E-state index contributed by atoms with van der Waals surface area (Å²) in [6.07, 6.45) is -4.42. The number of carboxylic acids is 1. The van der Waals surface area contributed by atoms with Crippen molar-refractivity contribution < 1.29 is 31.5 Å². The van der Waals surface area contributed by atoms with Gasteiger partial charge in [0.15, 0.2) is 9.84 Å². The first kappa shape index (κ1) is 15.6. The van der Waals surface area contributed by atoms with Crippen LogP contribution in [0.15, 0.2) is 18.2 Å². The smallest absolute Gasteiger partial charge is 0.417 e. The van der Waals surface area contributed by atoms with Gasteiger partial charge in [-0.15, -0.1) is 0 Å². The van der Waals surface area contributed by atoms with Gasteiger partial charge in [0.2, 0.25) is 0 Å². The summed E-state index contributed by atoms with van der Waals surface area (Å²) in [4.78, 5) is 10.9. The largest absolute Gasteiger partial charge is 0.478 e. The Balaban J connectivity index is 2.27. The SMILES string of the molecule is O=C(O)c1cc(NC2CCS(=O)(=O)C2)ccc1C(F)(F)F. The Kier molecular flexibility index (Phi) is 3.87. The topological polar surface area (TPSA) is 83.5 Å². The van der Waals surface area contributed by atoms with Crippen molar-refractivity contribution in [1.29, 1.82) is 0 Å². The van der Waals surface area contributed by atoms with Crippen molar-refractivity contribution in [2.45, 2.75) is 18.6 Å². The van der Waals surface area contributed by atoms with Gasteiger partial charge >= 0.3 is 12.1 Å². The minimum atomic E-state index is -4.76. The molecule has 0 aliphatic carbocycles. The molecule has 1 aliphatic rings. The van der Waals surface area contributed by atoms with Gasteiger partial charge in [0.1, 0.15) is 0 Å². The van der Waals surface area contributed by atoms with Crippen molar-refractivity contribution in [3.8, 4) is 0 Å². The molecule has 9 heteroatoms. The van der Waals surface area contributed by atoms with Crippen molar-refractivity contribution in [2.24, 2.45) is 0 Å². The van der Waals surface area contributed by atoms with Gasteiger partial charge in [-0.25, -0.2) is 13.2 Å². The monoisotopic (exact) mass is 323 g/mol. The van der Waals surface area contributed by atoms with Gasteiger partial charge in [-0.2, -0.15) is 13.2 Å². The van der Waals surface area contributed by atoms with Crippen LogP contribution in [0.5, 0.6) is 0 Å². The maximum atomic E-state index is 12.7. The van der Waals surface area contributed by atoms with E-state index in [0.29, 0.717) is 12.5 Å². The molecule has 2 rings (SSSR count). The number of benzene rings is 1. The standard InChI is InChI=1S/C12H12F3NO4S/c13-12(14,15)10-2-1-7(5-9(10)11(17)18)16-8-3-4-21(19,20)6-8/h1-2,5,8,16H,3-4,6H2,(H,17,18). The lowest BCUT2D eigenvalue weighted by Gasteiger charge is -2.15. The fraction of sp³-hybridized carbons (Fsp3) is 0.417. The zero-order chi connectivity index (χ0) is 15.8. The van der Waals surface area contributed by atoms with Crippen LogP contribution in [0.2, 0.25) is 0 Å². The fourth-order valence-corrected chi connectivity index (χ4v) is 3.88. The van der Waals surface area contributed by atoms with Gasteiger partial charge in [0.25, 0.3) is 0 Å². The van der Waals surface area contributed by atoms with Gasteiger partial charge in [0, 0.05) is 11.7 Å². The molecule has 1 aromatic rings. The maximum absolute atomic E-state index is 12.7. The molecule has 21 heavy (non-hydrogen) atoms. The van der Waals surface area contributed by atoms with Crippen LogP contribution in [0, 0.1) is 0 Å². The van der Waals surface area contributed by atoms with Gasteiger partial charge in [-0.05, 0) is 24.6 Å². The van der Waals surface area contributed by atoms with Crippen molar-refractivity contribution in [1.82, 2.24) is 0 Å². The summed E-state index contributed by atoms with van der Waals surface area (Å²) in [5.74, 6) is -1.79. The fourth-order valence-electron chi connectivity index (χ4n) is 2.20. The lowest BCUT2D eigenvalue weighted by Crippen LogP contribution is -2.21. The predicted molar refractivity (Wildman–Crippen MR) is 69.1 cm³/mol. The first-order chi connectivity index (χ1) is 9.58. The summed E-state index contributed by atoms with van der Waals surface area (Å²) >= 11 is 0. The minimum absolute atomic E-state index is 0.0110.